The fourth-order valence-electron chi connectivity index (χ4n) is 3.92. The summed E-state index contributed by atoms with van der Waals surface area (Å²) in [5, 5.41) is 3.05. The molecule has 0 bridgehead atoms. The highest BCUT2D eigenvalue weighted by Crippen LogP contribution is 2.19. The van der Waals surface area contributed by atoms with Crippen molar-refractivity contribution in [2.24, 2.45) is 5.92 Å². The molecule has 2 aromatic carbocycles. The fourth-order valence-corrected chi connectivity index (χ4v) is 3.92. The van der Waals surface area contributed by atoms with Crippen LogP contribution >= 0.6 is 0 Å². The molecule has 2 amide bonds. The Morgan fingerprint density at radius 1 is 1.09 bits per heavy atom. The molecule has 6 nitrogen and oxygen atoms in total. The first-order chi connectivity index (χ1) is 15.5. The van der Waals surface area contributed by atoms with Crippen molar-refractivity contribution < 1.29 is 19.1 Å². The first-order valence-corrected chi connectivity index (χ1v) is 11.3. The van der Waals surface area contributed by atoms with Gasteiger partial charge < -0.3 is 19.7 Å². The van der Waals surface area contributed by atoms with Crippen molar-refractivity contribution in [3.05, 3.63) is 65.7 Å². The van der Waals surface area contributed by atoms with Gasteiger partial charge in [-0.05, 0) is 36.1 Å². The molecule has 2 aromatic rings. The highest BCUT2D eigenvalue weighted by atomic mass is 16.5. The summed E-state index contributed by atoms with van der Waals surface area (Å²) < 4.78 is 10.9. The second-order valence-corrected chi connectivity index (χ2v) is 8.55. The minimum absolute atomic E-state index is 0.0472. The van der Waals surface area contributed by atoms with Crippen LogP contribution in [0.4, 0.5) is 0 Å². The molecule has 0 aromatic heterocycles. The second-order valence-electron chi connectivity index (χ2n) is 8.55. The third kappa shape index (κ3) is 6.57. The van der Waals surface area contributed by atoms with Gasteiger partial charge in [0.15, 0.2) is 0 Å². The van der Waals surface area contributed by atoms with Crippen LogP contribution in [0.15, 0.2) is 54.6 Å². The molecule has 3 rings (SSSR count). The zero-order valence-corrected chi connectivity index (χ0v) is 19.3. The van der Waals surface area contributed by atoms with Crippen molar-refractivity contribution in [3.8, 4) is 5.75 Å². The standard InChI is InChI=1S/C26H34N2O4/c1-19(2)26(30)28(18-21-11-13-22(31-3)14-12-21)24(16-20-8-5-4-6-9-20)25(29)27-17-23-10-7-15-32-23/h4-6,8-9,11-14,19,23-24H,7,10,15-18H2,1-3H3,(H,27,29)/t23-,24+/m1/s1. The van der Waals surface area contributed by atoms with E-state index in [9.17, 15) is 9.59 Å². The summed E-state index contributed by atoms with van der Waals surface area (Å²) in [5.41, 5.74) is 1.96. The Hall–Kier alpha value is -2.86. The Kier molecular flexibility index (Phi) is 8.68. The van der Waals surface area contributed by atoms with Crippen LogP contribution in [-0.2, 0) is 27.3 Å². The minimum Gasteiger partial charge on any atom is -0.497 e. The summed E-state index contributed by atoms with van der Waals surface area (Å²) >= 11 is 0. The van der Waals surface area contributed by atoms with Gasteiger partial charge in [0.1, 0.15) is 11.8 Å². The van der Waals surface area contributed by atoms with Gasteiger partial charge in [-0.25, -0.2) is 0 Å². The number of ether oxygens (including phenoxy) is 2. The maximum Gasteiger partial charge on any atom is 0.243 e. The zero-order valence-electron chi connectivity index (χ0n) is 19.3. The van der Waals surface area contributed by atoms with E-state index in [2.05, 4.69) is 5.32 Å². The quantitative estimate of drug-likeness (QED) is 0.616. The lowest BCUT2D eigenvalue weighted by Crippen LogP contribution is -2.52. The predicted molar refractivity (Wildman–Crippen MR) is 124 cm³/mol. The lowest BCUT2D eigenvalue weighted by atomic mass is 10.0. The highest BCUT2D eigenvalue weighted by Gasteiger charge is 2.32. The molecule has 1 heterocycles. The normalized spacial score (nSPS) is 16.6. The van der Waals surface area contributed by atoms with Crippen LogP contribution < -0.4 is 10.1 Å². The van der Waals surface area contributed by atoms with Gasteiger partial charge in [-0.3, -0.25) is 9.59 Å². The van der Waals surface area contributed by atoms with Crippen molar-refractivity contribution >= 4 is 11.8 Å². The maximum atomic E-state index is 13.4. The molecule has 0 aliphatic carbocycles. The number of nitrogens with zero attached hydrogens (tertiary/aromatic N) is 1. The summed E-state index contributed by atoms with van der Waals surface area (Å²) in [6.45, 7) is 5.30. The van der Waals surface area contributed by atoms with Crippen molar-refractivity contribution in [3.63, 3.8) is 0 Å². The van der Waals surface area contributed by atoms with Crippen molar-refractivity contribution in [2.75, 3.05) is 20.3 Å². The van der Waals surface area contributed by atoms with E-state index in [0.29, 0.717) is 19.5 Å². The highest BCUT2D eigenvalue weighted by molar-refractivity contribution is 5.88. The molecule has 1 saturated heterocycles. The van der Waals surface area contributed by atoms with Gasteiger partial charge >= 0.3 is 0 Å². The Morgan fingerprint density at radius 3 is 2.41 bits per heavy atom. The van der Waals surface area contributed by atoms with Gasteiger partial charge in [-0.15, -0.1) is 0 Å². The van der Waals surface area contributed by atoms with E-state index in [0.717, 1.165) is 36.3 Å². The number of amides is 2. The number of rotatable bonds is 10. The Bertz CT molecular complexity index is 861. The van der Waals surface area contributed by atoms with Crippen LogP contribution in [0.3, 0.4) is 0 Å². The molecule has 0 saturated carbocycles. The minimum atomic E-state index is -0.615. The van der Waals surface area contributed by atoms with Gasteiger partial charge in [-0.1, -0.05) is 56.3 Å². The number of carbonyl (C=O) groups is 2. The summed E-state index contributed by atoms with van der Waals surface area (Å²) in [4.78, 5) is 28.4. The van der Waals surface area contributed by atoms with E-state index >= 15 is 0 Å². The number of carbonyl (C=O) groups excluding carboxylic acids is 2. The number of methoxy groups -OCH3 is 1. The summed E-state index contributed by atoms with van der Waals surface area (Å²) in [5.74, 6) is 0.337. The molecular formula is C26H34N2O4. The van der Waals surface area contributed by atoms with Gasteiger partial charge in [-0.2, -0.15) is 0 Å². The molecule has 6 heteroatoms. The smallest absolute Gasteiger partial charge is 0.243 e. The summed E-state index contributed by atoms with van der Waals surface area (Å²) in [7, 11) is 1.62. The SMILES string of the molecule is COc1ccc(CN(C(=O)C(C)C)[C@@H](Cc2ccccc2)C(=O)NC[C@H]2CCCO2)cc1. The lowest BCUT2D eigenvalue weighted by Gasteiger charge is -2.33. The average Bonchev–Trinajstić information content (AvgIpc) is 3.34. The largest absolute Gasteiger partial charge is 0.497 e. The average molecular weight is 439 g/mol. The molecule has 0 spiro atoms. The third-order valence-corrected chi connectivity index (χ3v) is 5.77. The monoisotopic (exact) mass is 438 g/mol. The molecule has 0 radical (unpaired) electrons. The number of benzene rings is 2. The van der Waals surface area contributed by atoms with Gasteiger partial charge in [0.25, 0.3) is 0 Å². The van der Waals surface area contributed by atoms with E-state index in [1.807, 2.05) is 68.4 Å². The predicted octanol–water partition coefficient (Wildman–Crippen LogP) is 3.59. The molecular weight excluding hydrogens is 404 g/mol. The van der Waals surface area contributed by atoms with Crippen LogP contribution in [-0.4, -0.2) is 49.1 Å². The van der Waals surface area contributed by atoms with Crippen molar-refractivity contribution in [2.45, 2.75) is 51.8 Å². The van der Waals surface area contributed by atoms with Gasteiger partial charge in [0, 0.05) is 32.0 Å². The molecule has 1 fully saturated rings. The van der Waals surface area contributed by atoms with E-state index in [1.54, 1.807) is 12.0 Å². The van der Waals surface area contributed by atoms with Crippen LogP contribution in [0, 0.1) is 5.92 Å². The van der Waals surface area contributed by atoms with Crippen LogP contribution in [0.5, 0.6) is 5.75 Å². The second kappa shape index (κ2) is 11.7. The molecule has 32 heavy (non-hydrogen) atoms. The zero-order chi connectivity index (χ0) is 22.9. The number of nitrogens with one attached hydrogen (secondary N) is 1. The number of hydrogen-bond acceptors (Lipinski definition) is 4. The molecule has 1 N–H and O–H groups in total. The van der Waals surface area contributed by atoms with Crippen LogP contribution in [0.1, 0.15) is 37.8 Å². The van der Waals surface area contributed by atoms with Gasteiger partial charge in [0.05, 0.1) is 13.2 Å². The summed E-state index contributed by atoms with van der Waals surface area (Å²) in [6, 6.07) is 16.8. The molecule has 1 aliphatic rings. The van der Waals surface area contributed by atoms with Crippen molar-refractivity contribution in [1.82, 2.24) is 10.2 Å². The number of hydrogen-bond donors (Lipinski definition) is 1. The summed E-state index contributed by atoms with van der Waals surface area (Å²) in [6.07, 6.45) is 2.47. The molecule has 172 valence electrons. The van der Waals surface area contributed by atoms with Crippen molar-refractivity contribution in [1.29, 1.82) is 0 Å². The Morgan fingerprint density at radius 2 is 1.81 bits per heavy atom. The lowest BCUT2D eigenvalue weighted by molar-refractivity contribution is -0.143. The maximum absolute atomic E-state index is 13.4. The third-order valence-electron chi connectivity index (χ3n) is 5.77. The molecule has 0 unspecified atom stereocenters. The fraction of sp³-hybridized carbons (Fsp3) is 0.462. The van der Waals surface area contributed by atoms with Crippen LogP contribution in [0.25, 0.3) is 0 Å². The first kappa shape index (κ1) is 23.8. The van der Waals surface area contributed by atoms with E-state index in [1.165, 1.54) is 0 Å². The van der Waals surface area contributed by atoms with E-state index in [-0.39, 0.29) is 23.8 Å². The Balaban J connectivity index is 1.85. The molecule has 1 aliphatic heterocycles. The first-order valence-electron chi connectivity index (χ1n) is 11.3. The van der Waals surface area contributed by atoms with E-state index in [4.69, 9.17) is 9.47 Å². The Labute approximate surface area is 190 Å². The molecule has 2 atom stereocenters. The topological polar surface area (TPSA) is 67.9 Å². The van der Waals surface area contributed by atoms with E-state index < -0.39 is 6.04 Å². The van der Waals surface area contributed by atoms with Crippen LogP contribution in [0.2, 0.25) is 0 Å². The van der Waals surface area contributed by atoms with Gasteiger partial charge in [0.2, 0.25) is 11.8 Å².